The van der Waals surface area contributed by atoms with Crippen LogP contribution in [0.1, 0.15) is 10.4 Å². The first-order valence-electron chi connectivity index (χ1n) is 3.43. The molecule has 6 heteroatoms. The fourth-order valence-electron chi connectivity index (χ4n) is 0.834. The number of carbonyl (C=O) groups is 1. The van der Waals surface area contributed by atoms with E-state index in [9.17, 15) is 13.6 Å². The summed E-state index contributed by atoms with van der Waals surface area (Å²) in [5.74, 6) is -0.158. The van der Waals surface area contributed by atoms with Gasteiger partial charge in [-0.15, -0.1) is 0 Å². The molecule has 0 bridgehead atoms. The van der Waals surface area contributed by atoms with E-state index in [2.05, 4.69) is 20.7 Å². The van der Waals surface area contributed by atoms with Crippen molar-refractivity contribution >= 4 is 33.8 Å². The Labute approximate surface area is 91.9 Å². The van der Waals surface area contributed by atoms with Gasteiger partial charge in [0.2, 0.25) is 0 Å². The molecule has 0 N–H and O–H groups in total. The molecule has 1 aromatic rings. The maximum Gasteiger partial charge on any atom is 0.387 e. The molecule has 0 aliphatic carbocycles. The molecule has 2 nitrogen and oxygen atoms in total. The first-order chi connectivity index (χ1) is 6.54. The van der Waals surface area contributed by atoms with Gasteiger partial charge in [-0.1, -0.05) is 11.6 Å². The Kier molecular flexibility index (Phi) is 3.83. The Balaban J connectivity index is 3.13. The number of alkyl halides is 2. The summed E-state index contributed by atoms with van der Waals surface area (Å²) in [6, 6.07) is 2.52. The number of aldehydes is 1. The van der Waals surface area contributed by atoms with Gasteiger partial charge in [-0.3, -0.25) is 4.79 Å². The Hall–Kier alpha value is -0.680. The molecular weight excluding hydrogens is 281 g/mol. The van der Waals surface area contributed by atoms with Crippen LogP contribution in [0.2, 0.25) is 5.02 Å². The number of benzene rings is 1. The third-order valence-electron chi connectivity index (χ3n) is 1.37. The minimum Gasteiger partial charge on any atom is -0.434 e. The van der Waals surface area contributed by atoms with Crippen molar-refractivity contribution in [1.82, 2.24) is 0 Å². The van der Waals surface area contributed by atoms with Gasteiger partial charge >= 0.3 is 6.61 Å². The summed E-state index contributed by atoms with van der Waals surface area (Å²) in [4.78, 5) is 10.4. The molecule has 14 heavy (non-hydrogen) atoms. The fraction of sp³-hybridized carbons (Fsp3) is 0.125. The third-order valence-corrected chi connectivity index (χ3v) is 2.71. The Bertz CT molecular complexity index is 357. The number of carbonyl (C=O) groups excluding carboxylic acids is 1. The third kappa shape index (κ3) is 2.65. The highest BCUT2D eigenvalue weighted by Gasteiger charge is 2.12. The van der Waals surface area contributed by atoms with Crippen molar-refractivity contribution in [3.63, 3.8) is 0 Å². The SMILES string of the molecule is O=Cc1cc(Cl)c(Br)c(OC(F)F)c1. The summed E-state index contributed by atoms with van der Waals surface area (Å²) in [7, 11) is 0. The van der Waals surface area contributed by atoms with Crippen molar-refractivity contribution in [3.8, 4) is 5.75 Å². The first kappa shape index (κ1) is 11.4. The summed E-state index contributed by atoms with van der Waals surface area (Å²) in [5, 5.41) is 0.144. The van der Waals surface area contributed by atoms with Crippen LogP contribution in [0, 0.1) is 0 Å². The molecular formula is C8H4BrClF2O2. The van der Waals surface area contributed by atoms with Crippen LogP contribution in [-0.2, 0) is 0 Å². The average Bonchev–Trinajstić information content (AvgIpc) is 2.11. The maximum absolute atomic E-state index is 11.9. The molecule has 0 fully saturated rings. The van der Waals surface area contributed by atoms with Crippen LogP contribution in [0.25, 0.3) is 0 Å². The van der Waals surface area contributed by atoms with Crippen molar-refractivity contribution in [2.45, 2.75) is 6.61 Å². The minimum atomic E-state index is -2.95. The largest absolute Gasteiger partial charge is 0.434 e. The molecule has 0 aliphatic heterocycles. The van der Waals surface area contributed by atoms with Gasteiger partial charge in [0.25, 0.3) is 0 Å². The summed E-state index contributed by atoms with van der Waals surface area (Å²) in [6.07, 6.45) is 0.497. The number of ether oxygens (including phenoxy) is 1. The second kappa shape index (κ2) is 4.70. The zero-order valence-corrected chi connectivity index (χ0v) is 8.98. The molecule has 0 amide bonds. The van der Waals surface area contributed by atoms with Gasteiger partial charge in [0.1, 0.15) is 12.0 Å². The quantitative estimate of drug-likeness (QED) is 0.794. The van der Waals surface area contributed by atoms with Crippen LogP contribution in [-0.4, -0.2) is 12.9 Å². The lowest BCUT2D eigenvalue weighted by Crippen LogP contribution is -2.03. The van der Waals surface area contributed by atoms with Crippen molar-refractivity contribution in [2.24, 2.45) is 0 Å². The average molecular weight is 285 g/mol. The standard InChI is InChI=1S/C8H4BrClF2O2/c9-7-5(10)1-4(3-13)2-6(7)14-8(11)12/h1-3,8H. The second-order valence-electron chi connectivity index (χ2n) is 2.31. The molecule has 0 heterocycles. The van der Waals surface area contributed by atoms with Crippen LogP contribution in [0.15, 0.2) is 16.6 Å². The normalized spacial score (nSPS) is 10.4. The molecule has 0 radical (unpaired) electrons. The topological polar surface area (TPSA) is 26.3 Å². The predicted octanol–water partition coefficient (Wildman–Crippen LogP) is 3.52. The maximum atomic E-state index is 11.9. The van der Waals surface area contributed by atoms with Gasteiger partial charge in [0.05, 0.1) is 9.50 Å². The number of hydrogen-bond acceptors (Lipinski definition) is 2. The molecule has 0 aromatic heterocycles. The first-order valence-corrected chi connectivity index (χ1v) is 4.60. The Morgan fingerprint density at radius 3 is 2.64 bits per heavy atom. The predicted molar refractivity (Wildman–Crippen MR) is 51.2 cm³/mol. The highest BCUT2D eigenvalue weighted by atomic mass is 79.9. The van der Waals surface area contributed by atoms with Gasteiger partial charge in [0, 0.05) is 5.56 Å². The second-order valence-corrected chi connectivity index (χ2v) is 3.51. The summed E-state index contributed by atoms with van der Waals surface area (Å²) in [5.41, 5.74) is 0.175. The van der Waals surface area contributed by atoms with E-state index in [0.717, 1.165) is 0 Å². The highest BCUT2D eigenvalue weighted by Crippen LogP contribution is 2.34. The van der Waals surface area contributed by atoms with Gasteiger partial charge in [0.15, 0.2) is 0 Å². The lowest BCUT2D eigenvalue weighted by atomic mass is 10.2. The number of rotatable bonds is 3. The van der Waals surface area contributed by atoms with E-state index >= 15 is 0 Å². The molecule has 0 saturated carbocycles. The van der Waals surface area contributed by atoms with Crippen LogP contribution < -0.4 is 4.74 Å². The molecule has 1 rings (SSSR count). The Morgan fingerprint density at radius 2 is 2.14 bits per heavy atom. The van der Waals surface area contributed by atoms with Gasteiger partial charge < -0.3 is 4.74 Å². The van der Waals surface area contributed by atoms with Crippen LogP contribution in [0.3, 0.4) is 0 Å². The van der Waals surface area contributed by atoms with Gasteiger partial charge in [-0.25, -0.2) is 0 Å². The Morgan fingerprint density at radius 1 is 1.50 bits per heavy atom. The van der Waals surface area contributed by atoms with Crippen molar-refractivity contribution in [1.29, 1.82) is 0 Å². The van der Waals surface area contributed by atoms with E-state index in [1.165, 1.54) is 12.1 Å². The summed E-state index contributed by atoms with van der Waals surface area (Å²) < 4.78 is 28.1. The summed E-state index contributed by atoms with van der Waals surface area (Å²) in [6.45, 7) is -2.95. The van der Waals surface area contributed by atoms with E-state index in [1.807, 2.05) is 0 Å². The van der Waals surface area contributed by atoms with E-state index < -0.39 is 6.61 Å². The number of hydrogen-bond donors (Lipinski definition) is 0. The molecule has 0 spiro atoms. The highest BCUT2D eigenvalue weighted by molar-refractivity contribution is 9.10. The molecule has 0 aliphatic rings. The summed E-state index contributed by atoms with van der Waals surface area (Å²) >= 11 is 8.62. The zero-order chi connectivity index (χ0) is 10.7. The van der Waals surface area contributed by atoms with Crippen molar-refractivity contribution < 1.29 is 18.3 Å². The van der Waals surface area contributed by atoms with E-state index in [1.54, 1.807) is 0 Å². The monoisotopic (exact) mass is 284 g/mol. The molecule has 0 unspecified atom stereocenters. The van der Waals surface area contributed by atoms with E-state index in [4.69, 9.17) is 11.6 Å². The smallest absolute Gasteiger partial charge is 0.387 e. The van der Waals surface area contributed by atoms with Gasteiger partial charge in [-0.05, 0) is 28.1 Å². The minimum absolute atomic E-state index is 0.144. The fourth-order valence-corrected chi connectivity index (χ4v) is 1.38. The van der Waals surface area contributed by atoms with E-state index in [-0.39, 0.29) is 20.8 Å². The molecule has 0 saturated heterocycles. The van der Waals surface area contributed by atoms with E-state index in [0.29, 0.717) is 6.29 Å². The number of halogens is 4. The molecule has 1 aromatic carbocycles. The van der Waals surface area contributed by atoms with Crippen molar-refractivity contribution in [2.75, 3.05) is 0 Å². The zero-order valence-electron chi connectivity index (χ0n) is 6.64. The van der Waals surface area contributed by atoms with Crippen LogP contribution in [0.4, 0.5) is 8.78 Å². The molecule has 0 atom stereocenters. The molecule has 76 valence electrons. The van der Waals surface area contributed by atoms with Crippen LogP contribution >= 0.6 is 27.5 Å². The van der Waals surface area contributed by atoms with Gasteiger partial charge in [-0.2, -0.15) is 8.78 Å². The van der Waals surface area contributed by atoms with Crippen molar-refractivity contribution in [3.05, 3.63) is 27.2 Å². The lowest BCUT2D eigenvalue weighted by Gasteiger charge is -2.08. The van der Waals surface area contributed by atoms with Crippen LogP contribution in [0.5, 0.6) is 5.75 Å². The lowest BCUT2D eigenvalue weighted by molar-refractivity contribution is -0.0503.